The molecule has 0 saturated heterocycles. The Morgan fingerprint density at radius 3 is 3.06 bits per heavy atom. The highest BCUT2D eigenvalue weighted by atomic mass is 16.3. The second-order valence-electron chi connectivity index (χ2n) is 4.49. The standard InChI is InChI=1S/C12H18N4O/c1-10(2)5-13-6-12-11(3-4-17-12)7-16-9-14-8-15-16/h3-4,8-10,13H,5-7H2,1-2H3. The van der Waals surface area contributed by atoms with Crippen LogP contribution in [-0.2, 0) is 13.1 Å². The summed E-state index contributed by atoms with van der Waals surface area (Å²) in [5.74, 6) is 1.62. The first kappa shape index (κ1) is 11.9. The molecular weight excluding hydrogens is 216 g/mol. The minimum atomic E-state index is 0.642. The monoisotopic (exact) mass is 234 g/mol. The van der Waals surface area contributed by atoms with Crippen LogP contribution in [0.1, 0.15) is 25.2 Å². The van der Waals surface area contributed by atoms with E-state index in [9.17, 15) is 0 Å². The number of furan rings is 1. The molecule has 0 fully saturated rings. The van der Waals surface area contributed by atoms with Crippen molar-refractivity contribution >= 4 is 0 Å². The van der Waals surface area contributed by atoms with Crippen molar-refractivity contribution in [3.05, 3.63) is 36.3 Å². The Labute approximate surface area is 101 Å². The van der Waals surface area contributed by atoms with Crippen molar-refractivity contribution in [1.29, 1.82) is 0 Å². The molecule has 92 valence electrons. The number of hydrogen-bond acceptors (Lipinski definition) is 4. The molecule has 0 aliphatic carbocycles. The third-order valence-corrected chi connectivity index (χ3v) is 2.47. The number of nitrogens with zero attached hydrogens (tertiary/aromatic N) is 3. The van der Waals surface area contributed by atoms with Gasteiger partial charge in [-0.15, -0.1) is 0 Å². The van der Waals surface area contributed by atoms with Gasteiger partial charge in [0, 0.05) is 5.56 Å². The van der Waals surface area contributed by atoms with Crippen molar-refractivity contribution in [2.75, 3.05) is 6.54 Å². The molecule has 0 unspecified atom stereocenters. The molecule has 2 rings (SSSR count). The third kappa shape index (κ3) is 3.42. The lowest BCUT2D eigenvalue weighted by atomic mass is 10.2. The summed E-state index contributed by atoms with van der Waals surface area (Å²) in [6, 6.07) is 1.98. The van der Waals surface area contributed by atoms with Gasteiger partial charge in [0.1, 0.15) is 18.4 Å². The summed E-state index contributed by atoms with van der Waals surface area (Å²) >= 11 is 0. The molecule has 0 bridgehead atoms. The van der Waals surface area contributed by atoms with Gasteiger partial charge in [0.25, 0.3) is 0 Å². The molecule has 0 spiro atoms. The first-order valence-electron chi connectivity index (χ1n) is 5.84. The van der Waals surface area contributed by atoms with Crippen molar-refractivity contribution in [2.24, 2.45) is 5.92 Å². The van der Waals surface area contributed by atoms with E-state index >= 15 is 0 Å². The average molecular weight is 234 g/mol. The number of aromatic nitrogens is 3. The lowest BCUT2D eigenvalue weighted by Crippen LogP contribution is -2.19. The zero-order valence-corrected chi connectivity index (χ0v) is 10.3. The third-order valence-electron chi connectivity index (χ3n) is 2.47. The van der Waals surface area contributed by atoms with Gasteiger partial charge in [-0.1, -0.05) is 13.8 Å². The topological polar surface area (TPSA) is 55.9 Å². The average Bonchev–Trinajstić information content (AvgIpc) is 2.91. The molecule has 0 amide bonds. The molecule has 5 nitrogen and oxygen atoms in total. The van der Waals surface area contributed by atoms with E-state index in [4.69, 9.17) is 4.42 Å². The highest BCUT2D eigenvalue weighted by molar-refractivity contribution is 5.17. The summed E-state index contributed by atoms with van der Waals surface area (Å²) in [5.41, 5.74) is 1.15. The molecule has 2 aromatic heterocycles. The van der Waals surface area contributed by atoms with Crippen molar-refractivity contribution in [1.82, 2.24) is 20.1 Å². The fraction of sp³-hybridized carbons (Fsp3) is 0.500. The summed E-state index contributed by atoms with van der Waals surface area (Å²) in [6.07, 6.45) is 4.97. The van der Waals surface area contributed by atoms with E-state index in [1.54, 1.807) is 17.3 Å². The Morgan fingerprint density at radius 1 is 1.47 bits per heavy atom. The smallest absolute Gasteiger partial charge is 0.137 e. The van der Waals surface area contributed by atoms with Crippen LogP contribution in [0, 0.1) is 5.92 Å². The Kier molecular flexibility index (Phi) is 3.93. The molecule has 0 radical (unpaired) electrons. The minimum absolute atomic E-state index is 0.642. The van der Waals surface area contributed by atoms with Gasteiger partial charge in [-0.05, 0) is 18.5 Å². The maximum Gasteiger partial charge on any atom is 0.137 e. The minimum Gasteiger partial charge on any atom is -0.468 e. The molecule has 2 heterocycles. The van der Waals surface area contributed by atoms with E-state index in [0.717, 1.165) is 24.4 Å². The second-order valence-corrected chi connectivity index (χ2v) is 4.49. The molecule has 0 aliphatic heterocycles. The van der Waals surface area contributed by atoms with Crippen LogP contribution in [0.3, 0.4) is 0 Å². The maximum atomic E-state index is 5.47. The van der Waals surface area contributed by atoms with Crippen molar-refractivity contribution in [3.63, 3.8) is 0 Å². The van der Waals surface area contributed by atoms with Gasteiger partial charge >= 0.3 is 0 Å². The van der Waals surface area contributed by atoms with E-state index in [1.807, 2.05) is 6.07 Å². The van der Waals surface area contributed by atoms with E-state index < -0.39 is 0 Å². The van der Waals surface area contributed by atoms with Crippen LogP contribution >= 0.6 is 0 Å². The SMILES string of the molecule is CC(C)CNCc1occc1Cn1cncn1. The van der Waals surface area contributed by atoms with Crippen LogP contribution < -0.4 is 5.32 Å². The van der Waals surface area contributed by atoms with Crippen molar-refractivity contribution in [3.8, 4) is 0 Å². The van der Waals surface area contributed by atoms with Gasteiger partial charge in [-0.2, -0.15) is 5.10 Å². The fourth-order valence-electron chi connectivity index (χ4n) is 1.63. The largest absolute Gasteiger partial charge is 0.468 e. The van der Waals surface area contributed by atoms with Gasteiger partial charge in [0.15, 0.2) is 0 Å². The first-order chi connectivity index (χ1) is 8.25. The zero-order valence-electron chi connectivity index (χ0n) is 10.3. The van der Waals surface area contributed by atoms with E-state index in [1.165, 1.54) is 6.33 Å². The zero-order chi connectivity index (χ0) is 12.1. The van der Waals surface area contributed by atoms with Crippen LogP contribution in [0.2, 0.25) is 0 Å². The maximum absolute atomic E-state index is 5.47. The summed E-state index contributed by atoms with van der Waals surface area (Å²) < 4.78 is 7.26. The predicted octanol–water partition coefficient (Wildman–Crippen LogP) is 1.66. The van der Waals surface area contributed by atoms with Gasteiger partial charge < -0.3 is 9.73 Å². The lowest BCUT2D eigenvalue weighted by molar-refractivity contribution is 0.458. The van der Waals surface area contributed by atoms with E-state index in [-0.39, 0.29) is 0 Å². The van der Waals surface area contributed by atoms with Gasteiger partial charge in [0.05, 0.1) is 19.4 Å². The molecule has 1 N–H and O–H groups in total. The molecule has 0 atom stereocenters. The molecule has 17 heavy (non-hydrogen) atoms. The normalized spacial score (nSPS) is 11.2. The van der Waals surface area contributed by atoms with E-state index in [2.05, 4.69) is 29.2 Å². The number of rotatable bonds is 6. The van der Waals surface area contributed by atoms with Crippen LogP contribution in [0.4, 0.5) is 0 Å². The Morgan fingerprint density at radius 2 is 2.35 bits per heavy atom. The summed E-state index contributed by atoms with van der Waals surface area (Å²) in [7, 11) is 0. The van der Waals surface area contributed by atoms with Gasteiger partial charge in [-0.25, -0.2) is 9.67 Å². The molecule has 2 aromatic rings. The Balaban J connectivity index is 1.92. The van der Waals surface area contributed by atoms with Gasteiger partial charge in [-0.3, -0.25) is 0 Å². The van der Waals surface area contributed by atoms with Crippen LogP contribution in [0.5, 0.6) is 0 Å². The molecular formula is C12H18N4O. The highest BCUT2D eigenvalue weighted by Crippen LogP contribution is 2.11. The van der Waals surface area contributed by atoms with E-state index in [0.29, 0.717) is 12.5 Å². The van der Waals surface area contributed by atoms with Crippen molar-refractivity contribution in [2.45, 2.75) is 26.9 Å². The van der Waals surface area contributed by atoms with Crippen LogP contribution in [-0.4, -0.2) is 21.3 Å². The quantitative estimate of drug-likeness (QED) is 0.826. The summed E-state index contributed by atoms with van der Waals surface area (Å²) in [6.45, 7) is 6.82. The van der Waals surface area contributed by atoms with Crippen LogP contribution in [0.15, 0.2) is 29.4 Å². The number of nitrogens with one attached hydrogen (secondary N) is 1. The number of hydrogen-bond donors (Lipinski definition) is 1. The Hall–Kier alpha value is -1.62. The molecule has 0 aliphatic rings. The molecule has 0 aromatic carbocycles. The summed E-state index contributed by atoms with van der Waals surface area (Å²) in [4.78, 5) is 3.92. The lowest BCUT2D eigenvalue weighted by Gasteiger charge is -2.07. The highest BCUT2D eigenvalue weighted by Gasteiger charge is 2.07. The van der Waals surface area contributed by atoms with Gasteiger partial charge in [0.2, 0.25) is 0 Å². The second kappa shape index (κ2) is 5.63. The molecule has 0 saturated carbocycles. The predicted molar refractivity (Wildman–Crippen MR) is 64.4 cm³/mol. The van der Waals surface area contributed by atoms with Crippen LogP contribution in [0.25, 0.3) is 0 Å². The first-order valence-corrected chi connectivity index (χ1v) is 5.84. The fourth-order valence-corrected chi connectivity index (χ4v) is 1.63. The van der Waals surface area contributed by atoms with Crippen molar-refractivity contribution < 1.29 is 4.42 Å². The Bertz CT molecular complexity index is 433. The molecule has 5 heteroatoms. The summed E-state index contributed by atoms with van der Waals surface area (Å²) in [5, 5.41) is 7.45.